The zero-order valence-electron chi connectivity index (χ0n) is 14.1. The molecule has 3 heterocycles. The highest BCUT2D eigenvalue weighted by Crippen LogP contribution is 2.35. The Morgan fingerprint density at radius 1 is 0.963 bits per heavy atom. The van der Waals surface area contributed by atoms with Gasteiger partial charge in [0.2, 0.25) is 0 Å². The summed E-state index contributed by atoms with van der Waals surface area (Å²) in [5.74, 6) is -0.267. The lowest BCUT2D eigenvalue weighted by Gasteiger charge is -2.35. The van der Waals surface area contributed by atoms with Crippen LogP contribution in [0.25, 0.3) is 11.0 Å². The van der Waals surface area contributed by atoms with Crippen LogP contribution in [0.1, 0.15) is 16.2 Å². The van der Waals surface area contributed by atoms with Gasteiger partial charge in [-0.1, -0.05) is 12.1 Å². The quantitative estimate of drug-likeness (QED) is 0.687. The number of alkyl halides is 3. The molecular weight excluding hydrogens is 361 g/mol. The van der Waals surface area contributed by atoms with E-state index in [2.05, 4.69) is 9.97 Å². The molecule has 9 heteroatoms. The Morgan fingerprint density at radius 2 is 1.63 bits per heavy atom. The van der Waals surface area contributed by atoms with Crippen molar-refractivity contribution in [3.63, 3.8) is 0 Å². The number of nitrogens with zero attached hydrogens (tertiary/aromatic N) is 4. The van der Waals surface area contributed by atoms with Crippen molar-refractivity contribution in [1.29, 1.82) is 0 Å². The Kier molecular flexibility index (Phi) is 4.21. The van der Waals surface area contributed by atoms with Crippen LogP contribution in [0, 0.1) is 0 Å². The van der Waals surface area contributed by atoms with Crippen molar-refractivity contribution in [1.82, 2.24) is 14.9 Å². The van der Waals surface area contributed by atoms with Gasteiger partial charge in [0.25, 0.3) is 5.91 Å². The van der Waals surface area contributed by atoms with Gasteiger partial charge in [-0.05, 0) is 24.3 Å². The smallest absolute Gasteiger partial charge is 0.437 e. The Balaban J connectivity index is 1.60. The van der Waals surface area contributed by atoms with Gasteiger partial charge in [0, 0.05) is 26.2 Å². The SMILES string of the molecule is O=C(c1ccco1)N1CCN(c2nc3ccccc3nc2C(F)(F)F)CC1. The number of aromatic nitrogens is 2. The molecule has 1 amide bonds. The Labute approximate surface area is 152 Å². The standard InChI is InChI=1S/C18H15F3N4O2/c19-18(20,21)15-16(23-13-5-2-1-4-12(13)22-15)24-7-9-25(10-8-24)17(26)14-6-3-11-27-14/h1-6,11H,7-10H2. The first kappa shape index (κ1) is 17.3. The number of piperazine rings is 1. The van der Waals surface area contributed by atoms with Crippen LogP contribution < -0.4 is 4.90 Å². The van der Waals surface area contributed by atoms with Gasteiger partial charge in [0.05, 0.1) is 17.3 Å². The minimum absolute atomic E-state index is 0.195. The van der Waals surface area contributed by atoms with E-state index in [-0.39, 0.29) is 49.2 Å². The van der Waals surface area contributed by atoms with Crippen LogP contribution in [0.4, 0.5) is 19.0 Å². The molecule has 1 saturated heterocycles. The highest BCUT2D eigenvalue weighted by Gasteiger charge is 2.39. The highest BCUT2D eigenvalue weighted by atomic mass is 19.4. The number of halogens is 3. The molecule has 140 valence electrons. The van der Waals surface area contributed by atoms with E-state index < -0.39 is 11.9 Å². The first-order valence-electron chi connectivity index (χ1n) is 8.35. The molecule has 0 unspecified atom stereocenters. The first-order valence-corrected chi connectivity index (χ1v) is 8.35. The zero-order valence-corrected chi connectivity index (χ0v) is 14.1. The second kappa shape index (κ2) is 6.57. The fourth-order valence-electron chi connectivity index (χ4n) is 3.08. The van der Waals surface area contributed by atoms with Gasteiger partial charge in [-0.3, -0.25) is 4.79 Å². The van der Waals surface area contributed by atoms with Gasteiger partial charge in [0.1, 0.15) is 0 Å². The summed E-state index contributed by atoms with van der Waals surface area (Å²) in [5.41, 5.74) is -0.415. The second-order valence-corrected chi connectivity index (χ2v) is 6.14. The maximum atomic E-state index is 13.5. The third-order valence-electron chi connectivity index (χ3n) is 4.42. The van der Waals surface area contributed by atoms with Crippen LogP contribution in [0.5, 0.6) is 0 Å². The summed E-state index contributed by atoms with van der Waals surface area (Å²) in [4.78, 5) is 23.4. The molecule has 1 aromatic carbocycles. The molecule has 27 heavy (non-hydrogen) atoms. The molecule has 0 atom stereocenters. The van der Waals surface area contributed by atoms with Gasteiger partial charge in [-0.25, -0.2) is 9.97 Å². The number of carbonyl (C=O) groups is 1. The van der Waals surface area contributed by atoms with E-state index in [0.29, 0.717) is 5.52 Å². The van der Waals surface area contributed by atoms with E-state index in [4.69, 9.17) is 4.42 Å². The lowest BCUT2D eigenvalue weighted by Crippen LogP contribution is -2.49. The largest absolute Gasteiger partial charge is 0.459 e. The number of fused-ring (bicyclic) bond motifs is 1. The van der Waals surface area contributed by atoms with E-state index in [1.165, 1.54) is 17.2 Å². The van der Waals surface area contributed by atoms with Gasteiger partial charge in [0.15, 0.2) is 17.3 Å². The number of hydrogen-bond acceptors (Lipinski definition) is 5. The molecule has 0 aliphatic carbocycles. The van der Waals surface area contributed by atoms with Crippen molar-refractivity contribution in [3.8, 4) is 0 Å². The van der Waals surface area contributed by atoms with Crippen LogP contribution >= 0.6 is 0 Å². The molecule has 4 rings (SSSR count). The fraction of sp³-hybridized carbons (Fsp3) is 0.278. The average Bonchev–Trinajstić information content (AvgIpc) is 3.20. The van der Waals surface area contributed by atoms with Gasteiger partial charge in [-0.15, -0.1) is 0 Å². The molecule has 0 bridgehead atoms. The number of benzene rings is 1. The van der Waals surface area contributed by atoms with Crippen LogP contribution in [-0.2, 0) is 6.18 Å². The van der Waals surface area contributed by atoms with E-state index in [1.807, 2.05) is 0 Å². The zero-order chi connectivity index (χ0) is 19.0. The summed E-state index contributed by atoms with van der Waals surface area (Å²) < 4.78 is 45.6. The molecule has 0 spiro atoms. The van der Waals surface area contributed by atoms with Gasteiger partial charge in [-0.2, -0.15) is 13.2 Å². The number of furan rings is 1. The summed E-state index contributed by atoms with van der Waals surface area (Å²) in [6, 6.07) is 9.63. The summed E-state index contributed by atoms with van der Waals surface area (Å²) in [5, 5.41) is 0. The van der Waals surface area contributed by atoms with Crippen molar-refractivity contribution < 1.29 is 22.4 Å². The minimum atomic E-state index is -4.62. The monoisotopic (exact) mass is 376 g/mol. The number of para-hydroxylation sites is 2. The number of rotatable bonds is 2. The maximum absolute atomic E-state index is 13.5. The van der Waals surface area contributed by atoms with Crippen LogP contribution in [0.15, 0.2) is 47.1 Å². The van der Waals surface area contributed by atoms with Crippen molar-refractivity contribution in [2.45, 2.75) is 6.18 Å². The average molecular weight is 376 g/mol. The normalized spacial score (nSPS) is 15.4. The summed E-state index contributed by atoms with van der Waals surface area (Å²) >= 11 is 0. The molecule has 1 fully saturated rings. The Bertz CT molecular complexity index is 964. The lowest BCUT2D eigenvalue weighted by molar-refractivity contribution is -0.140. The summed E-state index contributed by atoms with van der Waals surface area (Å²) in [6.45, 7) is 0.988. The van der Waals surface area contributed by atoms with Crippen molar-refractivity contribution >= 4 is 22.8 Å². The van der Waals surface area contributed by atoms with Crippen molar-refractivity contribution in [2.75, 3.05) is 31.1 Å². The number of anilines is 1. The van der Waals surface area contributed by atoms with Crippen molar-refractivity contribution in [3.05, 3.63) is 54.1 Å². The number of hydrogen-bond donors (Lipinski definition) is 0. The van der Waals surface area contributed by atoms with Crippen LogP contribution in [0.2, 0.25) is 0 Å². The molecule has 0 saturated carbocycles. The Hall–Kier alpha value is -3.10. The predicted molar refractivity (Wildman–Crippen MR) is 91.4 cm³/mol. The van der Waals surface area contributed by atoms with Gasteiger partial charge >= 0.3 is 6.18 Å². The molecule has 0 radical (unpaired) electrons. The molecule has 0 N–H and O–H groups in total. The molecule has 3 aromatic rings. The van der Waals surface area contributed by atoms with Gasteiger partial charge < -0.3 is 14.2 Å². The summed E-state index contributed by atoms with van der Waals surface area (Å²) in [7, 11) is 0. The van der Waals surface area contributed by atoms with E-state index >= 15 is 0 Å². The first-order chi connectivity index (χ1) is 12.9. The lowest BCUT2D eigenvalue weighted by atomic mass is 10.2. The van der Waals surface area contributed by atoms with Crippen LogP contribution in [-0.4, -0.2) is 47.0 Å². The number of amides is 1. The van der Waals surface area contributed by atoms with E-state index in [9.17, 15) is 18.0 Å². The summed E-state index contributed by atoms with van der Waals surface area (Å²) in [6.07, 6.45) is -3.21. The van der Waals surface area contributed by atoms with E-state index in [0.717, 1.165) is 0 Å². The third-order valence-corrected chi connectivity index (χ3v) is 4.42. The molecule has 1 aliphatic heterocycles. The van der Waals surface area contributed by atoms with Crippen molar-refractivity contribution in [2.24, 2.45) is 0 Å². The molecule has 1 aliphatic rings. The molecule has 6 nitrogen and oxygen atoms in total. The van der Waals surface area contributed by atoms with E-state index in [1.54, 1.807) is 35.2 Å². The number of carbonyl (C=O) groups excluding carboxylic acids is 1. The maximum Gasteiger partial charge on any atom is 0.437 e. The second-order valence-electron chi connectivity index (χ2n) is 6.14. The topological polar surface area (TPSA) is 62.5 Å². The third kappa shape index (κ3) is 3.32. The minimum Gasteiger partial charge on any atom is -0.459 e. The van der Waals surface area contributed by atoms with Crippen LogP contribution in [0.3, 0.4) is 0 Å². The molecular formula is C18H15F3N4O2. The predicted octanol–water partition coefficient (Wildman–Crippen LogP) is 3.20. The molecule has 2 aromatic heterocycles. The Morgan fingerprint density at radius 3 is 2.22 bits per heavy atom. The highest BCUT2D eigenvalue weighted by molar-refractivity contribution is 5.91. The fourth-order valence-corrected chi connectivity index (χ4v) is 3.08.